The summed E-state index contributed by atoms with van der Waals surface area (Å²) < 4.78 is 39.0. The smallest absolute Gasteiger partial charge is 0.872 e. The van der Waals surface area contributed by atoms with Gasteiger partial charge in [-0.15, -0.1) is 5.75 Å². The largest absolute Gasteiger partial charge is 1.00 e. The van der Waals surface area contributed by atoms with Crippen LogP contribution in [0.25, 0.3) is 0 Å². The molecule has 2 aromatic carbocycles. The van der Waals surface area contributed by atoms with Crippen molar-refractivity contribution in [2.24, 2.45) is 0 Å². The fourth-order valence-corrected chi connectivity index (χ4v) is 3.57. The van der Waals surface area contributed by atoms with Crippen molar-refractivity contribution in [1.82, 2.24) is 0 Å². The van der Waals surface area contributed by atoms with Gasteiger partial charge in [-0.05, 0) is 36.6 Å². The number of unbranched alkanes of at least 4 members (excludes halogenated alkanes) is 4. The zero-order chi connectivity index (χ0) is 18.3. The van der Waals surface area contributed by atoms with Crippen LogP contribution in [-0.2, 0) is 16.5 Å². The predicted octanol–water partition coefficient (Wildman–Crippen LogP) is 1.32. The van der Waals surface area contributed by atoms with Crippen LogP contribution in [0.3, 0.4) is 0 Å². The van der Waals surface area contributed by atoms with Gasteiger partial charge in [0.05, 0.1) is 0 Å². The van der Waals surface area contributed by atoms with E-state index in [4.69, 9.17) is 4.74 Å². The number of benzene rings is 2. The maximum Gasteiger partial charge on any atom is 1.00 e. The van der Waals surface area contributed by atoms with Gasteiger partial charge in [-0.3, -0.25) is 4.55 Å². The molecule has 0 saturated heterocycles. The number of hydrogen-bond acceptors (Lipinski definition) is 4. The zero-order valence-corrected chi connectivity index (χ0v) is 19.2. The van der Waals surface area contributed by atoms with Crippen LogP contribution in [0.5, 0.6) is 17.2 Å². The van der Waals surface area contributed by atoms with Crippen LogP contribution >= 0.6 is 0 Å². The molecule has 0 spiro atoms. The topological polar surface area (TPSA) is 86.7 Å². The molecule has 0 radical (unpaired) electrons. The summed E-state index contributed by atoms with van der Waals surface area (Å²) in [5, 5.41) is 12.0. The number of para-hydroxylation sites is 1. The fourth-order valence-electron chi connectivity index (χ4n) is 2.72. The molecule has 7 heteroatoms. The van der Waals surface area contributed by atoms with Crippen molar-refractivity contribution in [1.29, 1.82) is 0 Å². The summed E-state index contributed by atoms with van der Waals surface area (Å²) in [6.45, 7) is 2.12. The van der Waals surface area contributed by atoms with Gasteiger partial charge in [-0.1, -0.05) is 56.9 Å². The molecule has 0 aromatic heterocycles. The van der Waals surface area contributed by atoms with Crippen LogP contribution in [0.1, 0.15) is 44.6 Å². The van der Waals surface area contributed by atoms with E-state index in [1.54, 1.807) is 30.3 Å². The van der Waals surface area contributed by atoms with Crippen molar-refractivity contribution in [3.63, 3.8) is 0 Å². The van der Waals surface area contributed by atoms with Crippen molar-refractivity contribution in [2.75, 3.05) is 0 Å². The third-order valence-electron chi connectivity index (χ3n) is 3.88. The molecule has 0 atom stereocenters. The first-order chi connectivity index (χ1) is 11.9. The number of rotatable bonds is 9. The number of hydrogen-bond donors (Lipinski definition) is 1. The molecule has 0 bridgehead atoms. The normalized spacial score (nSPS) is 11.0. The minimum Gasteiger partial charge on any atom is -0.872 e. The molecule has 1 N–H and O–H groups in total. The number of ether oxygens (including phenoxy) is 1. The van der Waals surface area contributed by atoms with Crippen LogP contribution in [-0.4, -0.2) is 13.0 Å². The Bertz CT molecular complexity index is 791. The second-order valence-electron chi connectivity index (χ2n) is 5.96. The average molecular weight is 403 g/mol. The van der Waals surface area contributed by atoms with Crippen LogP contribution in [0, 0.1) is 0 Å². The van der Waals surface area contributed by atoms with Gasteiger partial charge in [0.15, 0.2) is 0 Å². The summed E-state index contributed by atoms with van der Waals surface area (Å²) in [5.74, 6) is -0.0847. The van der Waals surface area contributed by atoms with E-state index in [1.807, 2.05) is 0 Å². The molecule has 136 valence electrons. The Morgan fingerprint density at radius 3 is 2.31 bits per heavy atom. The van der Waals surface area contributed by atoms with Gasteiger partial charge >= 0.3 is 51.4 Å². The fraction of sp³-hybridized carbons (Fsp3) is 0.368. The molecule has 2 rings (SSSR count). The van der Waals surface area contributed by atoms with Crippen LogP contribution in [0.4, 0.5) is 0 Å². The van der Waals surface area contributed by atoms with Gasteiger partial charge in [0.25, 0.3) is 10.1 Å². The van der Waals surface area contributed by atoms with Gasteiger partial charge < -0.3 is 9.84 Å². The minimum atomic E-state index is -4.51. The van der Waals surface area contributed by atoms with Crippen LogP contribution < -0.4 is 61.2 Å². The SMILES string of the molecule is CCCCCCCc1cc([O-])cc(Oc2ccccc2)c1S(=O)(=O)O.[K+]. The second-order valence-corrected chi connectivity index (χ2v) is 7.32. The summed E-state index contributed by atoms with van der Waals surface area (Å²) in [4.78, 5) is -0.313. The van der Waals surface area contributed by atoms with Gasteiger partial charge in [-0.2, -0.15) is 8.42 Å². The predicted molar refractivity (Wildman–Crippen MR) is 94.7 cm³/mol. The van der Waals surface area contributed by atoms with E-state index in [0.717, 1.165) is 38.2 Å². The first-order valence-electron chi connectivity index (χ1n) is 8.46. The van der Waals surface area contributed by atoms with Crippen molar-refractivity contribution in [2.45, 2.75) is 50.3 Å². The van der Waals surface area contributed by atoms with E-state index in [2.05, 4.69) is 6.92 Å². The van der Waals surface area contributed by atoms with E-state index in [1.165, 1.54) is 6.07 Å². The van der Waals surface area contributed by atoms with Crippen molar-refractivity contribution in [3.8, 4) is 17.2 Å². The van der Waals surface area contributed by atoms with Crippen molar-refractivity contribution in [3.05, 3.63) is 48.0 Å². The van der Waals surface area contributed by atoms with E-state index in [9.17, 15) is 18.1 Å². The quantitative estimate of drug-likeness (QED) is 0.388. The van der Waals surface area contributed by atoms with Gasteiger partial charge in [0.1, 0.15) is 16.4 Å². The van der Waals surface area contributed by atoms with E-state index < -0.39 is 10.1 Å². The van der Waals surface area contributed by atoms with E-state index >= 15 is 0 Å². The number of aryl methyl sites for hydroxylation is 1. The van der Waals surface area contributed by atoms with Gasteiger partial charge in [0.2, 0.25) is 0 Å². The summed E-state index contributed by atoms with van der Waals surface area (Å²) in [7, 11) is -4.51. The molecule has 5 nitrogen and oxygen atoms in total. The zero-order valence-electron chi connectivity index (χ0n) is 15.3. The third kappa shape index (κ3) is 7.30. The summed E-state index contributed by atoms with van der Waals surface area (Å²) in [5.41, 5.74) is 0.303. The summed E-state index contributed by atoms with van der Waals surface area (Å²) >= 11 is 0. The molecule has 0 aliphatic carbocycles. The summed E-state index contributed by atoms with van der Waals surface area (Å²) in [6.07, 6.45) is 5.38. The van der Waals surface area contributed by atoms with Crippen LogP contribution in [0.15, 0.2) is 47.4 Å². The molecular weight excluding hydrogens is 379 g/mol. The molecule has 0 unspecified atom stereocenters. The average Bonchev–Trinajstić information content (AvgIpc) is 2.54. The Kier molecular flexibility index (Phi) is 10.4. The molecule has 0 aliphatic rings. The monoisotopic (exact) mass is 402 g/mol. The molecule has 0 aliphatic heterocycles. The second kappa shape index (κ2) is 11.4. The molecule has 0 saturated carbocycles. The van der Waals surface area contributed by atoms with Crippen molar-refractivity contribution < 1.29 is 74.2 Å². The first-order valence-corrected chi connectivity index (χ1v) is 9.90. The van der Waals surface area contributed by atoms with Gasteiger partial charge in [0, 0.05) is 0 Å². The molecule has 0 fully saturated rings. The molecule has 26 heavy (non-hydrogen) atoms. The van der Waals surface area contributed by atoms with Crippen LogP contribution in [0.2, 0.25) is 0 Å². The maximum atomic E-state index is 12.0. The van der Waals surface area contributed by atoms with Gasteiger partial charge in [-0.25, -0.2) is 0 Å². The first kappa shape index (κ1) is 23.6. The summed E-state index contributed by atoms with van der Waals surface area (Å²) in [6, 6.07) is 10.9. The Morgan fingerprint density at radius 2 is 1.69 bits per heavy atom. The maximum absolute atomic E-state index is 12.0. The van der Waals surface area contributed by atoms with E-state index in [0.29, 0.717) is 17.7 Å². The molecular formula is C19H23KO5S. The van der Waals surface area contributed by atoms with E-state index in [-0.39, 0.29) is 67.8 Å². The Balaban J connectivity index is 0.00000338. The Hall–Kier alpha value is -0.414. The standard InChI is InChI=1S/C19H24O5S.K/c1-2-3-4-5-7-10-15-13-16(20)14-18(19(15)25(21,22)23)24-17-11-8-6-9-12-17;/h6,8-9,11-14,20H,2-5,7,10H2,1H3,(H,21,22,23);/q;+1/p-1. The van der Waals surface area contributed by atoms with Crippen molar-refractivity contribution >= 4 is 10.1 Å². The minimum absolute atomic E-state index is 0. The molecule has 0 heterocycles. The Labute approximate surface area is 198 Å². The molecule has 2 aromatic rings. The Morgan fingerprint density at radius 1 is 1.04 bits per heavy atom. The molecule has 0 amide bonds. The third-order valence-corrected chi connectivity index (χ3v) is 4.86.